The van der Waals surface area contributed by atoms with Gasteiger partial charge in [0.15, 0.2) is 0 Å². The Morgan fingerprint density at radius 2 is 2.00 bits per heavy atom. The molecule has 4 N–H and O–H groups in total. The van der Waals surface area contributed by atoms with Crippen LogP contribution in [0, 0.1) is 0 Å². The molecule has 0 aromatic rings. The predicted octanol–water partition coefficient (Wildman–Crippen LogP) is -0.672. The van der Waals surface area contributed by atoms with Crippen LogP contribution < -0.4 is 15.2 Å². The van der Waals surface area contributed by atoms with Crippen LogP contribution >= 0.6 is 0 Å². The third-order valence-corrected chi connectivity index (χ3v) is 4.02. The second kappa shape index (κ2) is 5.92. The highest BCUT2D eigenvalue weighted by Gasteiger charge is 2.34. The predicted molar refractivity (Wildman–Crippen MR) is 62.2 cm³/mol. The number of nitrogens with one attached hydrogen (secondary N) is 2. The smallest absolute Gasteiger partial charge is 0.277 e. The van der Waals surface area contributed by atoms with Gasteiger partial charge in [-0.3, -0.25) is 0 Å². The van der Waals surface area contributed by atoms with Crippen LogP contribution in [0.5, 0.6) is 0 Å². The van der Waals surface area contributed by atoms with Crippen LogP contribution in [-0.4, -0.2) is 40.3 Å². The van der Waals surface area contributed by atoms with E-state index in [0.29, 0.717) is 39.1 Å². The monoisotopic (exact) mass is 251 g/mol. The molecule has 0 saturated carbocycles. The fourth-order valence-electron chi connectivity index (χ4n) is 1.67. The molecule has 0 aromatic heterocycles. The van der Waals surface area contributed by atoms with E-state index in [4.69, 9.17) is 10.5 Å². The largest absolute Gasteiger partial charge is 0.381 e. The SMILES string of the molecule is CCCNS(=O)(=O)NC1(CN)CCOCC1. The van der Waals surface area contributed by atoms with Crippen LogP contribution in [0.15, 0.2) is 0 Å². The first kappa shape index (κ1) is 13.9. The molecule has 0 unspecified atom stereocenters. The maximum atomic E-state index is 11.7. The van der Waals surface area contributed by atoms with Gasteiger partial charge in [0.2, 0.25) is 0 Å². The average molecular weight is 251 g/mol. The van der Waals surface area contributed by atoms with E-state index in [2.05, 4.69) is 9.44 Å². The highest BCUT2D eigenvalue weighted by molar-refractivity contribution is 7.87. The van der Waals surface area contributed by atoms with Gasteiger partial charge in [0.25, 0.3) is 10.2 Å². The third-order valence-electron chi connectivity index (χ3n) is 2.73. The first-order valence-corrected chi connectivity index (χ1v) is 7.08. The molecule has 6 nitrogen and oxygen atoms in total. The summed E-state index contributed by atoms with van der Waals surface area (Å²) in [6.45, 7) is 3.74. The van der Waals surface area contributed by atoms with Crippen LogP contribution in [0.25, 0.3) is 0 Å². The summed E-state index contributed by atoms with van der Waals surface area (Å²) in [5, 5.41) is 0. The van der Waals surface area contributed by atoms with Crippen molar-refractivity contribution in [3.8, 4) is 0 Å². The third kappa shape index (κ3) is 3.99. The summed E-state index contributed by atoms with van der Waals surface area (Å²) >= 11 is 0. The van der Waals surface area contributed by atoms with E-state index < -0.39 is 15.7 Å². The van der Waals surface area contributed by atoms with Crippen molar-refractivity contribution in [2.45, 2.75) is 31.7 Å². The standard InChI is InChI=1S/C9H21N3O3S/c1-2-5-11-16(13,14)12-9(8-10)3-6-15-7-4-9/h11-12H,2-8,10H2,1H3. The lowest BCUT2D eigenvalue weighted by molar-refractivity contribution is 0.0500. The lowest BCUT2D eigenvalue weighted by Gasteiger charge is -2.36. The van der Waals surface area contributed by atoms with E-state index in [9.17, 15) is 8.42 Å². The van der Waals surface area contributed by atoms with Crippen LogP contribution in [0.1, 0.15) is 26.2 Å². The molecular weight excluding hydrogens is 230 g/mol. The fraction of sp³-hybridized carbons (Fsp3) is 1.00. The van der Waals surface area contributed by atoms with Crippen molar-refractivity contribution in [3.63, 3.8) is 0 Å². The van der Waals surface area contributed by atoms with Crippen molar-refractivity contribution >= 4 is 10.2 Å². The van der Waals surface area contributed by atoms with Gasteiger partial charge in [-0.15, -0.1) is 0 Å². The topological polar surface area (TPSA) is 93.5 Å². The zero-order valence-electron chi connectivity index (χ0n) is 9.66. The summed E-state index contributed by atoms with van der Waals surface area (Å²) in [4.78, 5) is 0. The Balaban J connectivity index is 2.61. The Morgan fingerprint density at radius 3 is 2.50 bits per heavy atom. The van der Waals surface area contributed by atoms with E-state index in [-0.39, 0.29) is 0 Å². The molecule has 16 heavy (non-hydrogen) atoms. The second-order valence-corrected chi connectivity index (χ2v) is 5.60. The number of ether oxygens (including phenoxy) is 1. The summed E-state index contributed by atoms with van der Waals surface area (Å²) in [6, 6.07) is 0. The number of rotatable bonds is 6. The minimum Gasteiger partial charge on any atom is -0.381 e. The zero-order chi connectivity index (χ0) is 12.1. The lowest BCUT2D eigenvalue weighted by Crippen LogP contribution is -2.59. The minimum atomic E-state index is -3.45. The van der Waals surface area contributed by atoms with Crippen molar-refractivity contribution in [3.05, 3.63) is 0 Å². The van der Waals surface area contributed by atoms with Crippen molar-refractivity contribution in [2.24, 2.45) is 5.73 Å². The molecule has 1 aliphatic rings. The molecule has 0 bridgehead atoms. The molecule has 0 radical (unpaired) electrons. The van der Waals surface area contributed by atoms with Gasteiger partial charge in [0.05, 0.1) is 5.54 Å². The molecule has 7 heteroatoms. The van der Waals surface area contributed by atoms with Crippen LogP contribution in [0.4, 0.5) is 0 Å². The van der Waals surface area contributed by atoms with Gasteiger partial charge in [0, 0.05) is 26.3 Å². The van der Waals surface area contributed by atoms with Gasteiger partial charge in [0.1, 0.15) is 0 Å². The molecule has 1 saturated heterocycles. The second-order valence-electron chi connectivity index (χ2n) is 4.10. The number of hydrogen-bond donors (Lipinski definition) is 3. The van der Waals surface area contributed by atoms with E-state index in [1.165, 1.54) is 0 Å². The molecule has 1 heterocycles. The molecule has 0 amide bonds. The maximum absolute atomic E-state index is 11.7. The summed E-state index contributed by atoms with van der Waals surface area (Å²) in [5.41, 5.74) is 5.12. The van der Waals surface area contributed by atoms with Crippen LogP contribution in [0.3, 0.4) is 0 Å². The Labute approximate surface area is 97.1 Å². The molecule has 96 valence electrons. The Morgan fingerprint density at radius 1 is 1.38 bits per heavy atom. The quantitative estimate of drug-likeness (QED) is 0.583. The van der Waals surface area contributed by atoms with Gasteiger partial charge in [-0.2, -0.15) is 13.1 Å². The molecule has 1 fully saturated rings. The molecule has 0 spiro atoms. The van der Waals surface area contributed by atoms with Crippen LogP contribution in [0.2, 0.25) is 0 Å². The van der Waals surface area contributed by atoms with Crippen LogP contribution in [-0.2, 0) is 14.9 Å². The Kier molecular flexibility index (Phi) is 5.13. The minimum absolute atomic E-state index is 0.295. The van der Waals surface area contributed by atoms with Crippen molar-refractivity contribution in [1.82, 2.24) is 9.44 Å². The zero-order valence-corrected chi connectivity index (χ0v) is 10.5. The normalized spacial score (nSPS) is 20.9. The van der Waals surface area contributed by atoms with Gasteiger partial charge in [-0.1, -0.05) is 6.92 Å². The first-order chi connectivity index (χ1) is 7.54. The lowest BCUT2D eigenvalue weighted by atomic mass is 9.92. The van der Waals surface area contributed by atoms with Gasteiger partial charge in [-0.05, 0) is 19.3 Å². The fourth-order valence-corrected chi connectivity index (χ4v) is 3.07. The molecule has 0 aliphatic carbocycles. The molecule has 0 atom stereocenters. The Bertz CT molecular complexity index is 299. The maximum Gasteiger partial charge on any atom is 0.277 e. The van der Waals surface area contributed by atoms with Gasteiger partial charge in [-0.25, -0.2) is 4.72 Å². The summed E-state index contributed by atoms with van der Waals surface area (Å²) in [6.07, 6.45) is 2.01. The highest BCUT2D eigenvalue weighted by Crippen LogP contribution is 2.19. The Hall–Kier alpha value is -0.210. The van der Waals surface area contributed by atoms with Gasteiger partial charge >= 0.3 is 0 Å². The average Bonchev–Trinajstić information content (AvgIpc) is 2.27. The summed E-state index contributed by atoms with van der Waals surface area (Å²) in [7, 11) is -3.45. The number of hydrogen-bond acceptors (Lipinski definition) is 4. The summed E-state index contributed by atoms with van der Waals surface area (Å²) in [5.74, 6) is 0. The van der Waals surface area contributed by atoms with E-state index in [0.717, 1.165) is 6.42 Å². The summed E-state index contributed by atoms with van der Waals surface area (Å²) < 4.78 is 33.7. The molecule has 1 rings (SSSR count). The van der Waals surface area contributed by atoms with E-state index in [1.807, 2.05) is 6.92 Å². The van der Waals surface area contributed by atoms with Crippen molar-refractivity contribution in [2.75, 3.05) is 26.3 Å². The first-order valence-electron chi connectivity index (χ1n) is 5.60. The highest BCUT2D eigenvalue weighted by atomic mass is 32.2. The number of nitrogens with two attached hydrogens (primary N) is 1. The van der Waals surface area contributed by atoms with E-state index >= 15 is 0 Å². The molecule has 0 aromatic carbocycles. The van der Waals surface area contributed by atoms with Crippen molar-refractivity contribution < 1.29 is 13.2 Å². The molecular formula is C9H21N3O3S. The van der Waals surface area contributed by atoms with Crippen molar-refractivity contribution in [1.29, 1.82) is 0 Å². The van der Waals surface area contributed by atoms with E-state index in [1.54, 1.807) is 0 Å². The van der Waals surface area contributed by atoms with Gasteiger partial charge < -0.3 is 10.5 Å². The molecule has 1 aliphatic heterocycles.